The van der Waals surface area contributed by atoms with Gasteiger partial charge in [0.25, 0.3) is 5.91 Å². The number of anilines is 1. The highest BCUT2D eigenvalue weighted by Gasteiger charge is 2.11. The van der Waals surface area contributed by atoms with Crippen LogP contribution in [-0.4, -0.2) is 32.6 Å². The van der Waals surface area contributed by atoms with Crippen molar-refractivity contribution in [2.24, 2.45) is 0 Å². The zero-order chi connectivity index (χ0) is 25.5. The second-order valence-corrected chi connectivity index (χ2v) is 9.11. The number of hydrogen-bond acceptors (Lipinski definition) is 5. The minimum Gasteiger partial charge on any atom is -0.484 e. The summed E-state index contributed by atoms with van der Waals surface area (Å²) < 4.78 is 5.55. The third kappa shape index (κ3) is 6.46. The molecule has 1 amide bonds. The number of carbonyl (C=O) groups is 1. The SMILES string of the molecule is CCCCc1ccc(-n2nc3cc(C)c(NC(=S)NC(=O)COc4ccc(CC)cc4)cc3n2)cc1. The van der Waals surface area contributed by atoms with Crippen LogP contribution < -0.4 is 15.4 Å². The fourth-order valence-electron chi connectivity index (χ4n) is 3.78. The number of amides is 1. The summed E-state index contributed by atoms with van der Waals surface area (Å²) in [4.78, 5) is 13.9. The molecule has 0 atom stereocenters. The molecule has 2 N–H and O–H groups in total. The van der Waals surface area contributed by atoms with Gasteiger partial charge in [-0.2, -0.15) is 4.80 Å². The Morgan fingerprint density at radius 1 is 0.972 bits per heavy atom. The number of nitrogens with one attached hydrogen (secondary N) is 2. The molecule has 0 bridgehead atoms. The monoisotopic (exact) mass is 501 g/mol. The first-order chi connectivity index (χ1) is 17.4. The summed E-state index contributed by atoms with van der Waals surface area (Å²) in [6.07, 6.45) is 4.39. The average molecular weight is 502 g/mol. The summed E-state index contributed by atoms with van der Waals surface area (Å²) in [5, 5.41) is 15.2. The molecule has 1 aromatic heterocycles. The zero-order valence-corrected chi connectivity index (χ0v) is 21.7. The van der Waals surface area contributed by atoms with E-state index in [-0.39, 0.29) is 17.6 Å². The van der Waals surface area contributed by atoms with Crippen LogP contribution in [0, 0.1) is 6.92 Å². The van der Waals surface area contributed by atoms with Gasteiger partial charge in [-0.05, 0) is 91.5 Å². The number of nitrogens with zero attached hydrogens (tertiary/aromatic N) is 3. The highest BCUT2D eigenvalue weighted by molar-refractivity contribution is 7.80. The van der Waals surface area contributed by atoms with Crippen LogP contribution in [0.1, 0.15) is 43.4 Å². The fourth-order valence-corrected chi connectivity index (χ4v) is 4.01. The molecule has 3 aromatic carbocycles. The number of unbranched alkanes of at least 4 members (excludes halogenated alkanes) is 1. The van der Waals surface area contributed by atoms with Crippen LogP contribution in [0.3, 0.4) is 0 Å². The van der Waals surface area contributed by atoms with Gasteiger partial charge in [-0.1, -0.05) is 44.5 Å². The van der Waals surface area contributed by atoms with Crippen molar-refractivity contribution < 1.29 is 9.53 Å². The lowest BCUT2D eigenvalue weighted by molar-refractivity contribution is -0.121. The largest absolute Gasteiger partial charge is 0.484 e. The first-order valence-corrected chi connectivity index (χ1v) is 12.7. The van der Waals surface area contributed by atoms with Crippen molar-refractivity contribution in [1.82, 2.24) is 20.3 Å². The van der Waals surface area contributed by atoms with Crippen molar-refractivity contribution in [3.05, 3.63) is 77.4 Å². The molecular formula is C28H31N5O2S. The van der Waals surface area contributed by atoms with E-state index in [0.29, 0.717) is 5.75 Å². The van der Waals surface area contributed by atoms with Gasteiger partial charge in [0.05, 0.1) is 5.69 Å². The summed E-state index contributed by atoms with van der Waals surface area (Å²) in [7, 11) is 0. The Hall–Kier alpha value is -3.78. The number of thiocarbonyl (C=S) groups is 1. The Bertz CT molecular complexity index is 1350. The number of fused-ring (bicyclic) bond motifs is 1. The van der Waals surface area contributed by atoms with Crippen molar-refractivity contribution in [2.75, 3.05) is 11.9 Å². The smallest absolute Gasteiger partial charge is 0.264 e. The van der Waals surface area contributed by atoms with Gasteiger partial charge in [-0.3, -0.25) is 10.1 Å². The summed E-state index contributed by atoms with van der Waals surface area (Å²) in [6.45, 7) is 6.11. The molecule has 4 rings (SSSR count). The molecule has 0 radical (unpaired) electrons. The summed E-state index contributed by atoms with van der Waals surface area (Å²) in [5.74, 6) is 0.306. The van der Waals surface area contributed by atoms with Crippen molar-refractivity contribution in [1.29, 1.82) is 0 Å². The highest BCUT2D eigenvalue weighted by atomic mass is 32.1. The number of aromatic nitrogens is 3. The molecule has 36 heavy (non-hydrogen) atoms. The van der Waals surface area contributed by atoms with Gasteiger partial charge in [-0.25, -0.2) is 0 Å². The van der Waals surface area contributed by atoms with Gasteiger partial charge in [0.1, 0.15) is 16.8 Å². The van der Waals surface area contributed by atoms with E-state index in [1.165, 1.54) is 24.0 Å². The Labute approximate surface area is 216 Å². The maximum absolute atomic E-state index is 12.3. The van der Waals surface area contributed by atoms with Gasteiger partial charge >= 0.3 is 0 Å². The van der Waals surface area contributed by atoms with Crippen LogP contribution in [0.25, 0.3) is 16.7 Å². The molecule has 0 spiro atoms. The maximum atomic E-state index is 12.3. The summed E-state index contributed by atoms with van der Waals surface area (Å²) in [6, 6.07) is 19.9. The third-order valence-corrected chi connectivity index (χ3v) is 6.12. The molecule has 4 aromatic rings. The molecule has 0 saturated carbocycles. The summed E-state index contributed by atoms with van der Waals surface area (Å²) in [5.41, 5.74) is 6.64. The van der Waals surface area contributed by atoms with Crippen molar-refractivity contribution in [3.63, 3.8) is 0 Å². The van der Waals surface area contributed by atoms with Crippen molar-refractivity contribution >= 4 is 40.0 Å². The van der Waals surface area contributed by atoms with Gasteiger partial charge < -0.3 is 10.1 Å². The molecule has 0 fully saturated rings. The van der Waals surface area contributed by atoms with Crippen LogP contribution in [-0.2, 0) is 17.6 Å². The number of ether oxygens (including phenoxy) is 1. The van der Waals surface area contributed by atoms with E-state index in [4.69, 9.17) is 17.0 Å². The standard InChI is InChI=1S/C28H31N5O2S/c1-4-6-7-21-8-12-22(13-9-21)33-31-25-16-19(3)24(17-26(25)32-33)29-28(36)30-27(34)18-35-23-14-10-20(5-2)11-15-23/h8-17H,4-7,18H2,1-3H3,(H2,29,30,34,36). The van der Waals surface area contributed by atoms with E-state index in [1.807, 2.05) is 55.5 Å². The third-order valence-electron chi connectivity index (χ3n) is 5.92. The van der Waals surface area contributed by atoms with E-state index in [2.05, 4.69) is 46.8 Å². The maximum Gasteiger partial charge on any atom is 0.264 e. The lowest BCUT2D eigenvalue weighted by Gasteiger charge is -2.12. The normalized spacial score (nSPS) is 10.9. The quantitative estimate of drug-likeness (QED) is 0.294. The molecule has 0 unspecified atom stereocenters. The predicted molar refractivity (Wildman–Crippen MR) is 148 cm³/mol. The van der Waals surface area contributed by atoms with Crippen LogP contribution in [0.5, 0.6) is 5.75 Å². The van der Waals surface area contributed by atoms with E-state index < -0.39 is 0 Å². The molecule has 186 valence electrons. The minimum atomic E-state index is -0.334. The Morgan fingerprint density at radius 3 is 2.31 bits per heavy atom. The highest BCUT2D eigenvalue weighted by Crippen LogP contribution is 2.22. The number of carbonyl (C=O) groups excluding carboxylic acids is 1. The zero-order valence-electron chi connectivity index (χ0n) is 20.9. The van der Waals surface area contributed by atoms with E-state index >= 15 is 0 Å². The number of benzene rings is 3. The lowest BCUT2D eigenvalue weighted by atomic mass is 10.1. The molecule has 8 heteroatoms. The van der Waals surface area contributed by atoms with Crippen molar-refractivity contribution in [2.45, 2.75) is 46.5 Å². The second-order valence-electron chi connectivity index (χ2n) is 8.70. The van der Waals surface area contributed by atoms with Gasteiger partial charge in [-0.15, -0.1) is 10.2 Å². The molecule has 7 nitrogen and oxygen atoms in total. The Morgan fingerprint density at radius 2 is 1.64 bits per heavy atom. The minimum absolute atomic E-state index is 0.128. The predicted octanol–water partition coefficient (Wildman–Crippen LogP) is 5.53. The first-order valence-electron chi connectivity index (χ1n) is 12.2. The lowest BCUT2D eigenvalue weighted by Crippen LogP contribution is -2.37. The molecule has 0 aliphatic carbocycles. The second kappa shape index (κ2) is 11.8. The Kier molecular flexibility index (Phi) is 8.28. The fraction of sp³-hybridized carbons (Fsp3) is 0.286. The van der Waals surface area contributed by atoms with E-state index in [0.717, 1.165) is 40.8 Å². The van der Waals surface area contributed by atoms with Crippen LogP contribution >= 0.6 is 12.2 Å². The van der Waals surface area contributed by atoms with E-state index in [1.54, 1.807) is 4.80 Å². The summed E-state index contributed by atoms with van der Waals surface area (Å²) >= 11 is 5.34. The average Bonchev–Trinajstić information content (AvgIpc) is 3.29. The Balaban J connectivity index is 1.37. The molecule has 0 aliphatic rings. The molecule has 0 aliphatic heterocycles. The van der Waals surface area contributed by atoms with Crippen molar-refractivity contribution in [3.8, 4) is 11.4 Å². The molecule has 0 saturated heterocycles. The first kappa shape index (κ1) is 25.3. The number of rotatable bonds is 9. The van der Waals surface area contributed by atoms with Gasteiger partial charge in [0.15, 0.2) is 11.7 Å². The van der Waals surface area contributed by atoms with Crippen LogP contribution in [0.4, 0.5) is 5.69 Å². The van der Waals surface area contributed by atoms with Gasteiger partial charge in [0.2, 0.25) is 0 Å². The molecular weight excluding hydrogens is 470 g/mol. The van der Waals surface area contributed by atoms with E-state index in [9.17, 15) is 4.79 Å². The van der Waals surface area contributed by atoms with Gasteiger partial charge in [0, 0.05) is 5.69 Å². The number of hydrogen-bond donors (Lipinski definition) is 2. The molecule has 1 heterocycles. The van der Waals surface area contributed by atoms with Crippen LogP contribution in [0.15, 0.2) is 60.7 Å². The topological polar surface area (TPSA) is 81.1 Å². The number of aryl methyl sites for hydroxylation is 3. The van der Waals surface area contributed by atoms with Crippen LogP contribution in [0.2, 0.25) is 0 Å².